The second-order valence-corrected chi connectivity index (χ2v) is 4.91. The molecule has 0 aliphatic rings. The van der Waals surface area contributed by atoms with Crippen LogP contribution in [0.25, 0.3) is 0 Å². The number of hydrogen-bond acceptors (Lipinski definition) is 3. The molecule has 2 aromatic rings. The van der Waals surface area contributed by atoms with Gasteiger partial charge in [0.25, 0.3) is 5.91 Å². The zero-order chi connectivity index (χ0) is 15.4. The van der Waals surface area contributed by atoms with Gasteiger partial charge < -0.3 is 0 Å². The number of anilines is 1. The van der Waals surface area contributed by atoms with Gasteiger partial charge in [0.1, 0.15) is 0 Å². The summed E-state index contributed by atoms with van der Waals surface area (Å²) >= 11 is 4.15. The molecule has 4 nitrogen and oxygen atoms in total. The molecule has 0 saturated carbocycles. The van der Waals surface area contributed by atoms with Crippen molar-refractivity contribution in [3.8, 4) is 0 Å². The van der Waals surface area contributed by atoms with Gasteiger partial charge in [0.15, 0.2) is 0 Å². The first-order valence-electron chi connectivity index (χ1n) is 6.31. The van der Waals surface area contributed by atoms with Crippen LogP contribution in [0.1, 0.15) is 21.5 Å². The summed E-state index contributed by atoms with van der Waals surface area (Å²) in [5.41, 5.74) is 2.58. The molecule has 0 fully saturated rings. The number of nitrogens with zero attached hydrogens (tertiary/aromatic N) is 1. The van der Waals surface area contributed by atoms with Crippen LogP contribution >= 0.6 is 12.8 Å². The highest BCUT2D eigenvalue weighted by Crippen LogP contribution is 2.24. The Morgan fingerprint density at radius 3 is 2.43 bits per heavy atom. The van der Waals surface area contributed by atoms with Gasteiger partial charge in [0.2, 0.25) is 0 Å². The first kappa shape index (κ1) is 15.1. The van der Waals surface area contributed by atoms with E-state index in [1.54, 1.807) is 42.5 Å². The molecule has 0 atom stereocenters. The first-order chi connectivity index (χ1) is 10.0. The van der Waals surface area contributed by atoms with Crippen LogP contribution in [0, 0.1) is 13.8 Å². The summed E-state index contributed by atoms with van der Waals surface area (Å²) in [5.74, 6) is -0.474. The van der Waals surface area contributed by atoms with E-state index in [-0.39, 0.29) is 0 Å². The summed E-state index contributed by atoms with van der Waals surface area (Å²) in [6, 6.07) is 13.3. The average molecular weight is 299 g/mol. The summed E-state index contributed by atoms with van der Waals surface area (Å²) in [7, 11) is 0. The molecule has 0 aliphatic heterocycles. The Balaban J connectivity index is 2.13. The topological polar surface area (TPSA) is 49.4 Å². The van der Waals surface area contributed by atoms with Crippen molar-refractivity contribution in [1.82, 2.24) is 5.32 Å². The third-order valence-electron chi connectivity index (χ3n) is 3.06. The average Bonchev–Trinajstić information content (AvgIpc) is 2.50. The Hall–Kier alpha value is -2.27. The number of aryl methyl sites for hydroxylation is 1. The monoisotopic (exact) mass is 299 g/mol. The van der Waals surface area contributed by atoms with Gasteiger partial charge in [0, 0.05) is 5.56 Å². The highest BCUT2D eigenvalue weighted by Gasteiger charge is 2.18. The van der Waals surface area contributed by atoms with Gasteiger partial charge in [-0.2, -0.15) is 0 Å². The van der Waals surface area contributed by atoms with Crippen molar-refractivity contribution in [3.63, 3.8) is 0 Å². The van der Waals surface area contributed by atoms with Gasteiger partial charge >= 0.3 is 6.03 Å². The number of carbonyl (C=O) groups is 2. The molecular weight excluding hydrogens is 284 g/mol. The van der Waals surface area contributed by atoms with Gasteiger partial charge in [-0.15, -0.1) is 0 Å². The normalized spacial score (nSPS) is 10.0. The molecule has 0 aromatic heterocycles. The molecule has 5 heteroatoms. The van der Waals surface area contributed by atoms with E-state index in [1.165, 1.54) is 0 Å². The molecule has 1 N–H and O–H groups in total. The predicted molar refractivity (Wildman–Crippen MR) is 86.4 cm³/mol. The Kier molecular flexibility index (Phi) is 4.65. The lowest BCUT2D eigenvalue weighted by Crippen LogP contribution is -2.38. The number of carbonyl (C=O) groups excluding carboxylic acids is 2. The van der Waals surface area contributed by atoms with Crippen molar-refractivity contribution in [2.75, 3.05) is 4.31 Å². The maximum Gasteiger partial charge on any atom is 0.338 e. The Bertz CT molecular complexity index is 671. The second kappa shape index (κ2) is 6.45. The fourth-order valence-electron chi connectivity index (χ4n) is 1.81. The zero-order valence-corrected chi connectivity index (χ0v) is 12.4. The molecule has 3 amide bonds. The Labute approximate surface area is 129 Å². The second-order valence-electron chi connectivity index (χ2n) is 4.51. The van der Waals surface area contributed by atoms with Crippen LogP contribution in [0.5, 0.6) is 0 Å². The molecular formula is C16H15N2O2S. The number of thiol groups is 1. The highest BCUT2D eigenvalue weighted by molar-refractivity contribution is 7.82. The van der Waals surface area contributed by atoms with Crippen molar-refractivity contribution in [1.29, 1.82) is 0 Å². The molecule has 21 heavy (non-hydrogen) atoms. The van der Waals surface area contributed by atoms with E-state index < -0.39 is 11.9 Å². The zero-order valence-electron chi connectivity index (χ0n) is 11.5. The minimum absolute atomic E-state index is 0.409. The highest BCUT2D eigenvalue weighted by atomic mass is 32.1. The summed E-state index contributed by atoms with van der Waals surface area (Å²) in [6.07, 6.45) is 0. The summed E-state index contributed by atoms with van der Waals surface area (Å²) in [5, 5.41) is 2.29. The summed E-state index contributed by atoms with van der Waals surface area (Å²) < 4.78 is 1.08. The van der Waals surface area contributed by atoms with Crippen LogP contribution in [0.15, 0.2) is 48.5 Å². The standard InChI is InChI=1S/C16H15N2O2S/c1-11-7-6-10-14(12(11)2)18(21)16(20)17-15(19)13-8-4-3-5-9-13/h3-10,21H,2H2,1H3,(H,17,19,20). The van der Waals surface area contributed by atoms with Crippen LogP contribution in [-0.2, 0) is 0 Å². The van der Waals surface area contributed by atoms with Crippen molar-refractivity contribution in [2.24, 2.45) is 0 Å². The number of amides is 3. The van der Waals surface area contributed by atoms with Crippen molar-refractivity contribution in [2.45, 2.75) is 6.92 Å². The molecule has 0 bridgehead atoms. The van der Waals surface area contributed by atoms with E-state index in [0.717, 1.165) is 9.87 Å². The molecule has 2 rings (SSSR count). The summed E-state index contributed by atoms with van der Waals surface area (Å²) in [4.78, 5) is 24.0. The molecule has 107 valence electrons. The van der Waals surface area contributed by atoms with E-state index in [2.05, 4.69) is 25.1 Å². The van der Waals surface area contributed by atoms with Crippen LogP contribution in [0.2, 0.25) is 0 Å². The van der Waals surface area contributed by atoms with Crippen LogP contribution in [0.3, 0.4) is 0 Å². The SMILES string of the molecule is [CH2]c1c(C)cccc1N(S)C(=O)NC(=O)c1ccccc1. The van der Waals surface area contributed by atoms with E-state index in [0.29, 0.717) is 16.8 Å². The van der Waals surface area contributed by atoms with Crippen LogP contribution in [-0.4, -0.2) is 11.9 Å². The third kappa shape index (κ3) is 3.44. The van der Waals surface area contributed by atoms with Gasteiger partial charge in [0.05, 0.1) is 5.69 Å². The minimum Gasteiger partial charge on any atom is -0.273 e. The molecule has 2 aromatic carbocycles. The molecule has 0 unspecified atom stereocenters. The molecule has 0 saturated heterocycles. The van der Waals surface area contributed by atoms with E-state index in [9.17, 15) is 9.59 Å². The van der Waals surface area contributed by atoms with E-state index in [1.807, 2.05) is 13.0 Å². The fourth-order valence-corrected chi connectivity index (χ4v) is 2.04. The van der Waals surface area contributed by atoms with Gasteiger partial charge in [-0.05, 0) is 43.2 Å². The summed E-state index contributed by atoms with van der Waals surface area (Å²) in [6.45, 7) is 5.79. The lowest BCUT2D eigenvalue weighted by Gasteiger charge is -2.19. The van der Waals surface area contributed by atoms with Crippen LogP contribution in [0.4, 0.5) is 10.5 Å². The number of urea groups is 1. The molecule has 0 heterocycles. The number of hydrogen-bond donors (Lipinski definition) is 2. The molecule has 0 spiro atoms. The van der Waals surface area contributed by atoms with E-state index in [4.69, 9.17) is 0 Å². The lowest BCUT2D eigenvalue weighted by molar-refractivity contribution is 0.0966. The van der Waals surface area contributed by atoms with Crippen molar-refractivity contribution >= 4 is 30.4 Å². The fraction of sp³-hybridized carbons (Fsp3) is 0.0625. The smallest absolute Gasteiger partial charge is 0.273 e. The quantitative estimate of drug-likeness (QED) is 0.835. The van der Waals surface area contributed by atoms with Gasteiger partial charge in [-0.1, -0.05) is 43.1 Å². The Morgan fingerprint density at radius 2 is 1.76 bits per heavy atom. The number of imide groups is 1. The van der Waals surface area contributed by atoms with Crippen molar-refractivity contribution in [3.05, 3.63) is 72.1 Å². The number of benzene rings is 2. The predicted octanol–water partition coefficient (Wildman–Crippen LogP) is 3.38. The maximum absolute atomic E-state index is 12.1. The first-order valence-corrected chi connectivity index (χ1v) is 6.71. The molecule has 0 aliphatic carbocycles. The number of rotatable bonds is 2. The van der Waals surface area contributed by atoms with Crippen LogP contribution < -0.4 is 9.62 Å². The maximum atomic E-state index is 12.1. The molecule has 1 radical (unpaired) electrons. The number of nitrogens with one attached hydrogen (secondary N) is 1. The minimum atomic E-state index is -0.623. The Morgan fingerprint density at radius 1 is 1.10 bits per heavy atom. The van der Waals surface area contributed by atoms with Gasteiger partial charge in [-0.25, -0.2) is 9.10 Å². The largest absolute Gasteiger partial charge is 0.338 e. The van der Waals surface area contributed by atoms with Gasteiger partial charge in [-0.3, -0.25) is 10.1 Å². The third-order valence-corrected chi connectivity index (χ3v) is 3.46. The van der Waals surface area contributed by atoms with E-state index >= 15 is 0 Å². The van der Waals surface area contributed by atoms with Crippen molar-refractivity contribution < 1.29 is 9.59 Å². The lowest BCUT2D eigenvalue weighted by atomic mass is 10.1.